The van der Waals surface area contributed by atoms with Gasteiger partial charge in [0.15, 0.2) is 0 Å². The first-order valence-electron chi connectivity index (χ1n) is 7.14. The van der Waals surface area contributed by atoms with Gasteiger partial charge >= 0.3 is 0 Å². The number of halogens is 1. The van der Waals surface area contributed by atoms with Crippen molar-refractivity contribution in [1.82, 2.24) is 16.2 Å². The lowest BCUT2D eigenvalue weighted by Gasteiger charge is -2.08. The second-order valence-electron chi connectivity index (χ2n) is 4.91. The normalized spacial score (nSPS) is 10.1. The summed E-state index contributed by atoms with van der Waals surface area (Å²) in [5.41, 5.74) is 5.41. The number of carbonyl (C=O) groups is 3. The molecule has 1 aromatic carbocycles. The van der Waals surface area contributed by atoms with Gasteiger partial charge in [-0.2, -0.15) is 0 Å². The molecule has 0 aliphatic heterocycles. The van der Waals surface area contributed by atoms with Gasteiger partial charge in [-0.05, 0) is 37.3 Å². The first-order chi connectivity index (χ1) is 11.5. The number of benzene rings is 1. The van der Waals surface area contributed by atoms with Gasteiger partial charge in [0.1, 0.15) is 5.76 Å². The highest BCUT2D eigenvalue weighted by atomic mass is 79.9. The minimum Gasteiger partial charge on any atom is -0.469 e. The second-order valence-corrected chi connectivity index (χ2v) is 5.82. The van der Waals surface area contributed by atoms with Crippen molar-refractivity contribution in [2.45, 2.75) is 13.3 Å². The van der Waals surface area contributed by atoms with Crippen LogP contribution < -0.4 is 16.2 Å². The van der Waals surface area contributed by atoms with Gasteiger partial charge < -0.3 is 9.73 Å². The predicted molar refractivity (Wildman–Crippen MR) is 90.1 cm³/mol. The molecule has 0 aliphatic rings. The first kappa shape index (κ1) is 17.7. The third kappa shape index (κ3) is 4.95. The van der Waals surface area contributed by atoms with E-state index in [0.29, 0.717) is 16.9 Å². The average molecular weight is 394 g/mol. The quantitative estimate of drug-likeness (QED) is 0.675. The van der Waals surface area contributed by atoms with E-state index < -0.39 is 11.8 Å². The number of carbonyl (C=O) groups excluding carboxylic acids is 3. The highest BCUT2D eigenvalue weighted by molar-refractivity contribution is 9.10. The lowest BCUT2D eigenvalue weighted by Crippen LogP contribution is -2.42. The zero-order chi connectivity index (χ0) is 17.5. The molecule has 24 heavy (non-hydrogen) atoms. The molecule has 0 aliphatic carbocycles. The number of aryl methyl sites for hydroxylation is 1. The van der Waals surface area contributed by atoms with Crippen molar-refractivity contribution >= 4 is 33.7 Å². The summed E-state index contributed by atoms with van der Waals surface area (Å²) >= 11 is 3.29. The Hall–Kier alpha value is -2.61. The van der Waals surface area contributed by atoms with Crippen molar-refractivity contribution in [2.24, 2.45) is 0 Å². The second kappa shape index (κ2) is 8.30. The van der Waals surface area contributed by atoms with Crippen LogP contribution >= 0.6 is 15.9 Å². The smallest absolute Gasteiger partial charge is 0.273 e. The zero-order valence-electron chi connectivity index (χ0n) is 12.9. The first-order valence-corrected chi connectivity index (χ1v) is 7.93. The largest absolute Gasteiger partial charge is 0.469 e. The Labute approximate surface area is 146 Å². The molecule has 126 valence electrons. The van der Waals surface area contributed by atoms with E-state index in [4.69, 9.17) is 4.42 Å². The lowest BCUT2D eigenvalue weighted by molar-refractivity contribution is -0.121. The molecule has 0 spiro atoms. The molecular formula is C16H16BrN3O4. The molecule has 3 N–H and O–H groups in total. The average Bonchev–Trinajstić information content (AvgIpc) is 2.99. The van der Waals surface area contributed by atoms with Gasteiger partial charge in [0.2, 0.25) is 5.91 Å². The van der Waals surface area contributed by atoms with E-state index in [9.17, 15) is 14.4 Å². The zero-order valence-corrected chi connectivity index (χ0v) is 14.5. The standard InChI is InChI=1S/C16H16BrN3O4/c1-10-13(7-9-24-10)16(23)20-19-14(21)6-8-18-15(22)11-2-4-12(17)5-3-11/h2-5,7,9H,6,8H2,1H3,(H,18,22)(H,19,21)(H,20,23). The highest BCUT2D eigenvalue weighted by Crippen LogP contribution is 2.10. The van der Waals surface area contributed by atoms with Crippen LogP contribution in [0.1, 0.15) is 32.9 Å². The Bertz CT molecular complexity index is 740. The van der Waals surface area contributed by atoms with E-state index in [1.54, 1.807) is 31.2 Å². The Kier molecular flexibility index (Phi) is 6.14. The summed E-state index contributed by atoms with van der Waals surface area (Å²) < 4.78 is 5.89. The van der Waals surface area contributed by atoms with Crippen LogP contribution in [-0.2, 0) is 4.79 Å². The molecule has 3 amide bonds. The van der Waals surface area contributed by atoms with Crippen LogP contribution in [0.3, 0.4) is 0 Å². The molecule has 0 fully saturated rings. The van der Waals surface area contributed by atoms with Crippen molar-refractivity contribution in [3.05, 3.63) is 58.0 Å². The van der Waals surface area contributed by atoms with Gasteiger partial charge in [0, 0.05) is 23.0 Å². The van der Waals surface area contributed by atoms with Crippen molar-refractivity contribution in [2.75, 3.05) is 6.54 Å². The van der Waals surface area contributed by atoms with Crippen molar-refractivity contribution in [3.63, 3.8) is 0 Å². The van der Waals surface area contributed by atoms with E-state index in [-0.39, 0.29) is 18.9 Å². The van der Waals surface area contributed by atoms with E-state index in [2.05, 4.69) is 32.1 Å². The maximum atomic E-state index is 11.9. The molecule has 2 aromatic rings. The Balaban J connectivity index is 1.70. The number of nitrogens with one attached hydrogen (secondary N) is 3. The fourth-order valence-electron chi connectivity index (χ4n) is 1.87. The van der Waals surface area contributed by atoms with Crippen LogP contribution in [0, 0.1) is 6.92 Å². The molecule has 1 heterocycles. The van der Waals surface area contributed by atoms with E-state index in [0.717, 1.165) is 4.47 Å². The van der Waals surface area contributed by atoms with Crippen LogP contribution in [-0.4, -0.2) is 24.3 Å². The third-order valence-electron chi connectivity index (χ3n) is 3.16. The van der Waals surface area contributed by atoms with Crippen LogP contribution in [0.15, 0.2) is 45.5 Å². The summed E-state index contributed by atoms with van der Waals surface area (Å²) in [7, 11) is 0. The van der Waals surface area contributed by atoms with E-state index >= 15 is 0 Å². The number of rotatable bonds is 5. The number of furan rings is 1. The van der Waals surface area contributed by atoms with Gasteiger partial charge in [0.25, 0.3) is 11.8 Å². The molecular weight excluding hydrogens is 378 g/mol. The molecule has 0 saturated heterocycles. The fourth-order valence-corrected chi connectivity index (χ4v) is 2.13. The maximum Gasteiger partial charge on any atom is 0.273 e. The van der Waals surface area contributed by atoms with Crippen molar-refractivity contribution in [3.8, 4) is 0 Å². The Morgan fingerprint density at radius 2 is 1.75 bits per heavy atom. The van der Waals surface area contributed by atoms with Crippen molar-refractivity contribution < 1.29 is 18.8 Å². The van der Waals surface area contributed by atoms with Gasteiger partial charge in [-0.25, -0.2) is 0 Å². The molecule has 0 saturated carbocycles. The summed E-state index contributed by atoms with van der Waals surface area (Å²) in [4.78, 5) is 35.3. The molecule has 2 rings (SSSR count). The van der Waals surface area contributed by atoms with Gasteiger partial charge in [0.05, 0.1) is 11.8 Å². The number of hydrazine groups is 1. The minimum atomic E-state index is -0.464. The molecule has 0 unspecified atom stereocenters. The topological polar surface area (TPSA) is 100 Å². The highest BCUT2D eigenvalue weighted by Gasteiger charge is 2.12. The number of hydrogen-bond donors (Lipinski definition) is 3. The van der Waals surface area contributed by atoms with E-state index in [1.807, 2.05) is 0 Å². The van der Waals surface area contributed by atoms with Crippen molar-refractivity contribution in [1.29, 1.82) is 0 Å². The van der Waals surface area contributed by atoms with Crippen LogP contribution in [0.25, 0.3) is 0 Å². The maximum absolute atomic E-state index is 11.9. The molecule has 7 nitrogen and oxygen atoms in total. The Morgan fingerprint density at radius 1 is 1.04 bits per heavy atom. The number of hydrogen-bond acceptors (Lipinski definition) is 4. The summed E-state index contributed by atoms with van der Waals surface area (Å²) in [5.74, 6) is -0.689. The molecule has 0 bridgehead atoms. The van der Waals surface area contributed by atoms with E-state index in [1.165, 1.54) is 12.3 Å². The van der Waals surface area contributed by atoms with Gasteiger partial charge in [-0.1, -0.05) is 15.9 Å². The fraction of sp³-hybridized carbons (Fsp3) is 0.188. The molecule has 8 heteroatoms. The summed E-state index contributed by atoms with van der Waals surface area (Å²) in [5, 5.41) is 2.63. The minimum absolute atomic E-state index is 0.0346. The van der Waals surface area contributed by atoms with Crippen LogP contribution in [0.2, 0.25) is 0 Å². The molecule has 0 atom stereocenters. The summed E-state index contributed by atoms with van der Waals surface area (Å²) in [6, 6.07) is 8.37. The molecule has 1 aromatic heterocycles. The Morgan fingerprint density at radius 3 is 2.38 bits per heavy atom. The monoisotopic (exact) mass is 393 g/mol. The van der Waals surface area contributed by atoms with Gasteiger partial charge in [-0.15, -0.1) is 0 Å². The number of amides is 3. The van der Waals surface area contributed by atoms with Gasteiger partial charge in [-0.3, -0.25) is 25.2 Å². The summed E-state index contributed by atoms with van der Waals surface area (Å²) in [6.45, 7) is 1.80. The van der Waals surface area contributed by atoms with Crippen LogP contribution in [0.5, 0.6) is 0 Å². The lowest BCUT2D eigenvalue weighted by atomic mass is 10.2. The molecule has 0 radical (unpaired) electrons. The van der Waals surface area contributed by atoms with Crippen LogP contribution in [0.4, 0.5) is 0 Å². The third-order valence-corrected chi connectivity index (χ3v) is 3.69. The predicted octanol–water partition coefficient (Wildman–Crippen LogP) is 1.93. The SMILES string of the molecule is Cc1occc1C(=O)NNC(=O)CCNC(=O)c1ccc(Br)cc1. The summed E-state index contributed by atoms with van der Waals surface area (Å²) in [6.07, 6.45) is 1.43.